The van der Waals surface area contributed by atoms with Gasteiger partial charge in [-0.15, -0.1) is 11.8 Å². The molecule has 4 unspecified atom stereocenters. The Morgan fingerprint density at radius 2 is 2.23 bits per heavy atom. The molecule has 4 fully saturated rings. The number of fused-ring (bicyclic) bond motifs is 2. The second kappa shape index (κ2) is 5.98. The molecule has 2 bridgehead atoms. The molecule has 0 aromatic heterocycles. The molecule has 4 aliphatic carbocycles. The van der Waals surface area contributed by atoms with Crippen LogP contribution in [0.3, 0.4) is 0 Å². The van der Waals surface area contributed by atoms with Crippen molar-refractivity contribution in [3.8, 4) is 0 Å². The van der Waals surface area contributed by atoms with Crippen molar-refractivity contribution in [1.29, 1.82) is 0 Å². The highest BCUT2D eigenvalue weighted by atomic mass is 32.2. The molecule has 0 aromatic rings. The van der Waals surface area contributed by atoms with E-state index in [1.807, 2.05) is 18.0 Å². The Morgan fingerprint density at radius 3 is 3.04 bits per heavy atom. The van der Waals surface area contributed by atoms with Gasteiger partial charge in [0.25, 0.3) is 0 Å². The van der Waals surface area contributed by atoms with E-state index in [1.165, 1.54) is 25.0 Å². The largest absolute Gasteiger partial charge is 0.356 e. The smallest absolute Gasteiger partial charge is 0.224 e. The van der Waals surface area contributed by atoms with E-state index in [4.69, 9.17) is 0 Å². The molecule has 3 nitrogen and oxygen atoms in total. The predicted molar refractivity (Wildman–Crippen MR) is 108 cm³/mol. The summed E-state index contributed by atoms with van der Waals surface area (Å²) in [6, 6.07) is 0. The summed E-state index contributed by atoms with van der Waals surface area (Å²) in [4.78, 5) is 17.7. The van der Waals surface area contributed by atoms with E-state index in [1.54, 1.807) is 0 Å². The lowest BCUT2D eigenvalue weighted by atomic mass is 9.45. The van der Waals surface area contributed by atoms with E-state index in [0.717, 1.165) is 37.0 Å². The maximum atomic E-state index is 13.1. The fourth-order valence-corrected chi connectivity index (χ4v) is 8.33. The molecule has 6 atom stereocenters. The number of nitrogens with zero attached hydrogens (tertiary/aromatic N) is 1. The monoisotopic (exact) mass is 370 g/mol. The molecule has 140 valence electrons. The molecular weight excluding hydrogens is 340 g/mol. The zero-order valence-corrected chi connectivity index (χ0v) is 16.7. The van der Waals surface area contributed by atoms with Gasteiger partial charge >= 0.3 is 0 Å². The molecule has 1 saturated heterocycles. The van der Waals surface area contributed by atoms with Gasteiger partial charge in [-0.3, -0.25) is 9.79 Å². The lowest BCUT2D eigenvalue weighted by Crippen LogP contribution is -2.55. The minimum Gasteiger partial charge on any atom is -0.356 e. The molecule has 6 aliphatic rings. The topological polar surface area (TPSA) is 41.5 Å². The summed E-state index contributed by atoms with van der Waals surface area (Å²) >= 11 is 1.97. The van der Waals surface area contributed by atoms with Crippen molar-refractivity contribution in [3.05, 3.63) is 23.9 Å². The van der Waals surface area contributed by atoms with Gasteiger partial charge < -0.3 is 5.32 Å². The fraction of sp³-hybridized carbons (Fsp3) is 0.727. The van der Waals surface area contributed by atoms with Crippen LogP contribution in [0, 0.1) is 35.0 Å². The number of hydrogen-bond acceptors (Lipinski definition) is 3. The third-order valence-electron chi connectivity index (χ3n) is 8.32. The van der Waals surface area contributed by atoms with Crippen molar-refractivity contribution in [2.24, 2.45) is 40.0 Å². The van der Waals surface area contributed by atoms with Gasteiger partial charge in [0, 0.05) is 18.5 Å². The second-order valence-electron chi connectivity index (χ2n) is 9.59. The van der Waals surface area contributed by atoms with Gasteiger partial charge in [0.05, 0.1) is 16.4 Å². The lowest BCUT2D eigenvalue weighted by molar-refractivity contribution is -0.129. The highest BCUT2D eigenvalue weighted by molar-refractivity contribution is 8.01. The van der Waals surface area contributed by atoms with Gasteiger partial charge in [-0.25, -0.2) is 0 Å². The van der Waals surface area contributed by atoms with Crippen molar-refractivity contribution in [2.45, 2.75) is 50.7 Å². The first-order valence-electron chi connectivity index (χ1n) is 10.3. The Bertz CT molecular complexity index is 707. The molecule has 1 N–H and O–H groups in total. The zero-order valence-electron chi connectivity index (χ0n) is 15.9. The molecule has 0 radical (unpaired) electrons. The Kier molecular flexibility index (Phi) is 3.93. The van der Waals surface area contributed by atoms with Crippen LogP contribution in [0.5, 0.6) is 0 Å². The summed E-state index contributed by atoms with van der Waals surface area (Å²) in [6.07, 6.45) is 14.6. The third kappa shape index (κ3) is 2.33. The highest BCUT2D eigenvalue weighted by Crippen LogP contribution is 2.61. The number of allylic oxidation sites excluding steroid dienone is 3. The average Bonchev–Trinajstić information content (AvgIpc) is 3.04. The first-order valence-corrected chi connectivity index (χ1v) is 11.3. The third-order valence-corrected chi connectivity index (χ3v) is 10.0. The van der Waals surface area contributed by atoms with E-state index < -0.39 is 0 Å². The first kappa shape index (κ1) is 17.1. The zero-order chi connectivity index (χ0) is 17.9. The van der Waals surface area contributed by atoms with E-state index in [9.17, 15) is 4.79 Å². The maximum Gasteiger partial charge on any atom is 0.224 e. The second-order valence-corrected chi connectivity index (χ2v) is 10.9. The molecule has 1 spiro atoms. The lowest BCUT2D eigenvalue weighted by Gasteiger charge is -2.60. The van der Waals surface area contributed by atoms with E-state index >= 15 is 0 Å². The van der Waals surface area contributed by atoms with Crippen molar-refractivity contribution >= 4 is 23.9 Å². The number of thioether (sulfide) groups is 1. The predicted octanol–water partition coefficient (Wildman–Crippen LogP) is 4.21. The summed E-state index contributed by atoms with van der Waals surface area (Å²) in [7, 11) is 0. The SMILES string of the molecule is CC1(C)[C@H]2CCC(CNC(=O)C3CSC45CC=CC=C4N=CCC35)[C@@H]1C2. The van der Waals surface area contributed by atoms with Crippen LogP contribution in [0.1, 0.15) is 46.0 Å². The normalized spacial score (nSPS) is 44.5. The Labute approximate surface area is 161 Å². The molecule has 0 aromatic carbocycles. The number of amides is 1. The minimum absolute atomic E-state index is 0.0551. The summed E-state index contributed by atoms with van der Waals surface area (Å²) in [5, 5.41) is 3.38. The Morgan fingerprint density at radius 1 is 1.35 bits per heavy atom. The van der Waals surface area contributed by atoms with Crippen molar-refractivity contribution in [1.82, 2.24) is 5.32 Å². The average molecular weight is 371 g/mol. The van der Waals surface area contributed by atoms with Crippen LogP contribution in [0.4, 0.5) is 0 Å². The van der Waals surface area contributed by atoms with Gasteiger partial charge in [0.2, 0.25) is 5.91 Å². The van der Waals surface area contributed by atoms with Crippen LogP contribution in [0.15, 0.2) is 28.9 Å². The van der Waals surface area contributed by atoms with Crippen LogP contribution >= 0.6 is 11.8 Å². The summed E-state index contributed by atoms with van der Waals surface area (Å²) < 4.78 is 0.0551. The molecule has 26 heavy (non-hydrogen) atoms. The molecule has 2 heterocycles. The van der Waals surface area contributed by atoms with Gasteiger partial charge in [-0.1, -0.05) is 26.0 Å². The number of aliphatic imine (C=N–C) groups is 1. The number of carbonyl (C=O) groups is 1. The number of hydrogen-bond donors (Lipinski definition) is 1. The number of rotatable bonds is 3. The van der Waals surface area contributed by atoms with Gasteiger partial charge in [0.15, 0.2) is 0 Å². The van der Waals surface area contributed by atoms with Crippen molar-refractivity contribution in [2.75, 3.05) is 12.3 Å². The van der Waals surface area contributed by atoms with E-state index in [2.05, 4.69) is 42.4 Å². The van der Waals surface area contributed by atoms with E-state index in [-0.39, 0.29) is 10.7 Å². The number of nitrogens with one attached hydrogen (secondary N) is 1. The number of carbonyl (C=O) groups excluding carboxylic acids is 1. The van der Waals surface area contributed by atoms with Gasteiger partial charge in [0.1, 0.15) is 0 Å². The quantitative estimate of drug-likeness (QED) is 0.808. The standard InChI is InChI=1S/C22H30N2OS/c1-21(2)15-7-6-14(18(21)11-15)12-24-20(25)16-13-26-22-9-4-3-5-19(22)23-10-8-17(16)22/h3-5,10,14-18H,6-9,11-13H2,1-2H3,(H,24,25)/t14?,15-,16?,17?,18-,22?/m0/s1. The van der Waals surface area contributed by atoms with Gasteiger partial charge in [-0.05, 0) is 67.3 Å². The van der Waals surface area contributed by atoms with Crippen molar-refractivity contribution in [3.63, 3.8) is 0 Å². The van der Waals surface area contributed by atoms with Crippen LogP contribution in [-0.4, -0.2) is 29.2 Å². The molecule has 4 heteroatoms. The Hall–Kier alpha value is -1.03. The molecule has 1 amide bonds. The maximum absolute atomic E-state index is 13.1. The van der Waals surface area contributed by atoms with Crippen LogP contribution < -0.4 is 5.32 Å². The summed E-state index contributed by atoms with van der Waals surface area (Å²) in [5.41, 5.74) is 1.68. The van der Waals surface area contributed by atoms with E-state index in [0.29, 0.717) is 23.2 Å². The molecule has 3 saturated carbocycles. The summed E-state index contributed by atoms with van der Waals surface area (Å²) in [6.45, 7) is 5.75. The molecule has 2 aliphatic heterocycles. The summed E-state index contributed by atoms with van der Waals surface area (Å²) in [5.74, 6) is 4.18. The molecular formula is C22H30N2OS. The Balaban J connectivity index is 1.25. The van der Waals surface area contributed by atoms with Crippen LogP contribution in [0.2, 0.25) is 0 Å². The van der Waals surface area contributed by atoms with Crippen molar-refractivity contribution < 1.29 is 4.79 Å². The van der Waals surface area contributed by atoms with Gasteiger partial charge in [-0.2, -0.15) is 0 Å². The fourth-order valence-electron chi connectivity index (χ4n) is 6.51. The minimum atomic E-state index is 0.0551. The van der Waals surface area contributed by atoms with Crippen LogP contribution in [-0.2, 0) is 4.79 Å². The molecule has 6 rings (SSSR count). The van der Waals surface area contributed by atoms with Crippen LogP contribution in [0.25, 0.3) is 0 Å². The highest BCUT2D eigenvalue weighted by Gasteiger charge is 2.56. The first-order chi connectivity index (χ1) is 12.5.